The van der Waals surface area contributed by atoms with Gasteiger partial charge < -0.3 is 23.5 Å². The molecular weight excluding hydrogens is 436 g/mol. The zero-order valence-electron chi connectivity index (χ0n) is 18.0. The molecule has 0 saturated heterocycles. The highest BCUT2D eigenvalue weighted by Gasteiger charge is 2.16. The summed E-state index contributed by atoms with van der Waals surface area (Å²) in [7, 11) is 4.25. The smallest absolute Gasteiger partial charge is 0.338 e. The zero-order valence-corrected chi connectivity index (χ0v) is 18.9. The molecule has 0 bridgehead atoms. The third-order valence-electron chi connectivity index (χ3n) is 4.54. The summed E-state index contributed by atoms with van der Waals surface area (Å²) in [6.07, 6.45) is 0. The van der Waals surface area contributed by atoms with Gasteiger partial charge in [-0.1, -0.05) is 11.3 Å². The van der Waals surface area contributed by atoms with E-state index in [-0.39, 0.29) is 23.5 Å². The van der Waals surface area contributed by atoms with Gasteiger partial charge in [-0.05, 0) is 43.3 Å². The molecule has 0 radical (unpaired) electrons. The van der Waals surface area contributed by atoms with Gasteiger partial charge in [-0.15, -0.1) is 0 Å². The summed E-state index contributed by atoms with van der Waals surface area (Å²) in [5.74, 6) is -0.604. The van der Waals surface area contributed by atoms with E-state index in [1.807, 2.05) is 0 Å². The van der Waals surface area contributed by atoms with Gasteiger partial charge in [-0.25, -0.2) is 4.79 Å². The SMILES string of the molecule is CCOC(=O)c1ccc2c(c1)sc(=NC(=O)c1ccc(OC)c(OC)c1)n2CC(=O)OC. The van der Waals surface area contributed by atoms with Crippen molar-refractivity contribution in [1.82, 2.24) is 4.57 Å². The van der Waals surface area contributed by atoms with Crippen LogP contribution in [0.2, 0.25) is 0 Å². The van der Waals surface area contributed by atoms with Crippen molar-refractivity contribution < 1.29 is 33.3 Å². The summed E-state index contributed by atoms with van der Waals surface area (Å²) in [6, 6.07) is 9.64. The zero-order chi connectivity index (χ0) is 23.3. The number of hydrogen-bond donors (Lipinski definition) is 0. The van der Waals surface area contributed by atoms with E-state index in [9.17, 15) is 14.4 Å². The van der Waals surface area contributed by atoms with Crippen LogP contribution in [0.15, 0.2) is 41.4 Å². The first-order valence-corrected chi connectivity index (χ1v) is 10.4. The number of benzene rings is 2. The lowest BCUT2D eigenvalue weighted by Gasteiger charge is -2.08. The molecule has 0 atom stereocenters. The van der Waals surface area contributed by atoms with Crippen LogP contribution in [-0.4, -0.2) is 50.3 Å². The van der Waals surface area contributed by atoms with Crippen molar-refractivity contribution in [3.05, 3.63) is 52.3 Å². The first kappa shape index (κ1) is 23.0. The molecule has 2 aromatic carbocycles. The second kappa shape index (κ2) is 10.1. The van der Waals surface area contributed by atoms with Gasteiger partial charge in [0.1, 0.15) is 6.54 Å². The number of rotatable bonds is 7. The number of hydrogen-bond acceptors (Lipinski definition) is 8. The normalized spacial score (nSPS) is 11.3. The monoisotopic (exact) mass is 458 g/mol. The highest BCUT2D eigenvalue weighted by Crippen LogP contribution is 2.28. The van der Waals surface area contributed by atoms with E-state index >= 15 is 0 Å². The Labute approximate surface area is 187 Å². The highest BCUT2D eigenvalue weighted by atomic mass is 32.1. The fraction of sp³-hybridized carbons (Fsp3) is 0.273. The molecule has 1 aromatic heterocycles. The fourth-order valence-corrected chi connectivity index (χ4v) is 4.03. The van der Waals surface area contributed by atoms with E-state index in [1.165, 1.54) is 38.7 Å². The molecule has 1 amide bonds. The van der Waals surface area contributed by atoms with Gasteiger partial charge in [0.15, 0.2) is 16.3 Å². The van der Waals surface area contributed by atoms with Gasteiger partial charge in [0.2, 0.25) is 0 Å². The summed E-state index contributed by atoms with van der Waals surface area (Å²) >= 11 is 1.17. The van der Waals surface area contributed by atoms with Crippen molar-refractivity contribution in [3.8, 4) is 11.5 Å². The van der Waals surface area contributed by atoms with Crippen LogP contribution >= 0.6 is 11.3 Å². The number of aromatic nitrogens is 1. The Morgan fingerprint density at radius 1 is 0.969 bits per heavy atom. The molecule has 3 aromatic rings. The lowest BCUT2D eigenvalue weighted by Crippen LogP contribution is -2.22. The van der Waals surface area contributed by atoms with Crippen molar-refractivity contribution >= 4 is 39.4 Å². The van der Waals surface area contributed by atoms with Crippen LogP contribution in [0.1, 0.15) is 27.6 Å². The largest absolute Gasteiger partial charge is 0.493 e. The molecule has 0 aliphatic rings. The number of carbonyl (C=O) groups is 3. The van der Waals surface area contributed by atoms with E-state index in [0.717, 1.165) is 0 Å². The molecule has 0 spiro atoms. The van der Waals surface area contributed by atoms with E-state index in [0.29, 0.717) is 27.3 Å². The van der Waals surface area contributed by atoms with Crippen LogP contribution in [0.3, 0.4) is 0 Å². The molecule has 0 fully saturated rings. The summed E-state index contributed by atoms with van der Waals surface area (Å²) in [6.45, 7) is 1.83. The Hall–Kier alpha value is -3.66. The molecule has 9 nitrogen and oxygen atoms in total. The number of nitrogens with zero attached hydrogens (tertiary/aromatic N) is 2. The van der Waals surface area contributed by atoms with Gasteiger partial charge in [-0.3, -0.25) is 9.59 Å². The number of amides is 1. The molecular formula is C22H22N2O7S. The molecule has 0 N–H and O–H groups in total. The first-order valence-electron chi connectivity index (χ1n) is 9.60. The van der Waals surface area contributed by atoms with Gasteiger partial charge in [-0.2, -0.15) is 4.99 Å². The molecule has 0 aliphatic heterocycles. The van der Waals surface area contributed by atoms with Gasteiger partial charge in [0.05, 0.1) is 43.7 Å². The predicted molar refractivity (Wildman–Crippen MR) is 117 cm³/mol. The van der Waals surface area contributed by atoms with Crippen LogP contribution in [0, 0.1) is 0 Å². The lowest BCUT2D eigenvalue weighted by molar-refractivity contribution is -0.141. The minimum Gasteiger partial charge on any atom is -0.493 e. The summed E-state index contributed by atoms with van der Waals surface area (Å²) in [4.78, 5) is 41.4. The Balaban J connectivity index is 2.11. The summed E-state index contributed by atoms with van der Waals surface area (Å²) < 4.78 is 22.5. The molecule has 0 aliphatic carbocycles. The van der Waals surface area contributed by atoms with Crippen LogP contribution in [0.25, 0.3) is 10.2 Å². The maximum absolute atomic E-state index is 12.9. The molecule has 10 heteroatoms. The van der Waals surface area contributed by atoms with E-state index in [4.69, 9.17) is 18.9 Å². The first-order chi connectivity index (χ1) is 15.4. The Kier molecular flexibility index (Phi) is 7.26. The minimum atomic E-state index is -0.526. The van der Waals surface area contributed by atoms with Crippen LogP contribution in [0.4, 0.5) is 0 Å². The molecule has 0 unspecified atom stereocenters. The third kappa shape index (κ3) is 4.80. The number of thiazole rings is 1. The highest BCUT2D eigenvalue weighted by molar-refractivity contribution is 7.16. The second-order valence-electron chi connectivity index (χ2n) is 6.44. The summed E-state index contributed by atoms with van der Waals surface area (Å²) in [5.41, 5.74) is 1.29. The lowest BCUT2D eigenvalue weighted by atomic mass is 10.2. The standard InChI is InChI=1S/C22H22N2O7S/c1-5-31-21(27)14-6-8-15-18(11-14)32-22(24(15)12-19(25)30-4)23-20(26)13-7-9-16(28-2)17(10-13)29-3/h6-11H,5,12H2,1-4H3. The second-order valence-corrected chi connectivity index (χ2v) is 7.45. The molecule has 3 rings (SSSR count). The molecule has 168 valence electrons. The Morgan fingerprint density at radius 3 is 2.34 bits per heavy atom. The van der Waals surface area contributed by atoms with Crippen molar-refractivity contribution in [2.45, 2.75) is 13.5 Å². The summed E-state index contributed by atoms with van der Waals surface area (Å²) in [5, 5.41) is 0. The predicted octanol–water partition coefficient (Wildman–Crippen LogP) is 2.81. The van der Waals surface area contributed by atoms with E-state index < -0.39 is 17.8 Å². The number of esters is 2. The topological polar surface area (TPSA) is 105 Å². The van der Waals surface area contributed by atoms with Crippen LogP contribution < -0.4 is 14.3 Å². The minimum absolute atomic E-state index is 0.146. The van der Waals surface area contributed by atoms with E-state index in [2.05, 4.69) is 4.99 Å². The Bertz CT molecular complexity index is 1240. The van der Waals surface area contributed by atoms with Gasteiger partial charge >= 0.3 is 11.9 Å². The van der Waals surface area contributed by atoms with Gasteiger partial charge in [0, 0.05) is 5.56 Å². The van der Waals surface area contributed by atoms with Crippen molar-refractivity contribution in [2.75, 3.05) is 27.9 Å². The van der Waals surface area contributed by atoms with Crippen LogP contribution in [-0.2, 0) is 20.8 Å². The van der Waals surface area contributed by atoms with Crippen molar-refractivity contribution in [2.24, 2.45) is 4.99 Å². The number of fused-ring (bicyclic) bond motifs is 1. The maximum Gasteiger partial charge on any atom is 0.338 e. The maximum atomic E-state index is 12.9. The van der Waals surface area contributed by atoms with E-state index in [1.54, 1.807) is 41.8 Å². The Morgan fingerprint density at radius 2 is 1.69 bits per heavy atom. The number of carbonyl (C=O) groups excluding carboxylic acids is 3. The van der Waals surface area contributed by atoms with Crippen LogP contribution in [0.5, 0.6) is 11.5 Å². The molecule has 1 heterocycles. The number of methoxy groups -OCH3 is 3. The quantitative estimate of drug-likeness (QED) is 0.501. The van der Waals surface area contributed by atoms with Crippen molar-refractivity contribution in [3.63, 3.8) is 0 Å². The number of ether oxygens (including phenoxy) is 4. The average molecular weight is 458 g/mol. The van der Waals surface area contributed by atoms with Gasteiger partial charge in [0.25, 0.3) is 5.91 Å². The van der Waals surface area contributed by atoms with Crippen molar-refractivity contribution in [1.29, 1.82) is 0 Å². The average Bonchev–Trinajstić information content (AvgIpc) is 3.14. The third-order valence-corrected chi connectivity index (χ3v) is 5.58. The fourth-order valence-electron chi connectivity index (χ4n) is 2.97. The molecule has 32 heavy (non-hydrogen) atoms. The molecule has 0 saturated carbocycles.